The van der Waals surface area contributed by atoms with Crippen molar-refractivity contribution in [2.75, 3.05) is 25.1 Å². The van der Waals surface area contributed by atoms with Crippen molar-refractivity contribution in [3.63, 3.8) is 0 Å². The fourth-order valence-electron chi connectivity index (χ4n) is 2.38. The maximum Gasteiger partial charge on any atom is 0.240 e. The van der Waals surface area contributed by atoms with Crippen LogP contribution >= 0.6 is 0 Å². The Kier molecular flexibility index (Phi) is 7.91. The Morgan fingerprint density at radius 3 is 2.31 bits per heavy atom. The number of anilines is 1. The second-order valence-electron chi connectivity index (χ2n) is 5.80. The number of hydrogen-bond donors (Lipinski definition) is 2. The van der Waals surface area contributed by atoms with E-state index in [2.05, 4.69) is 10.0 Å². The normalized spacial score (nSPS) is 11.2. The van der Waals surface area contributed by atoms with Gasteiger partial charge in [-0.2, -0.15) is 0 Å². The molecule has 0 aromatic heterocycles. The topological polar surface area (TPSA) is 93.7 Å². The molecule has 2 aromatic rings. The Morgan fingerprint density at radius 2 is 1.66 bits per heavy atom. The van der Waals surface area contributed by atoms with Crippen molar-refractivity contribution >= 4 is 21.6 Å². The Hall–Kier alpha value is -2.72. The van der Waals surface area contributed by atoms with Gasteiger partial charge in [-0.25, -0.2) is 21.9 Å². The number of hydrogen-bond acceptors (Lipinski definition) is 5. The van der Waals surface area contributed by atoms with Gasteiger partial charge >= 0.3 is 0 Å². The Bertz CT molecular complexity index is 967. The minimum absolute atomic E-state index is 0.167. The predicted octanol–water partition coefficient (Wildman–Crippen LogP) is 3.07. The lowest BCUT2D eigenvalue weighted by Gasteiger charge is -2.13. The predicted molar refractivity (Wildman–Crippen MR) is 104 cm³/mol. The average molecular weight is 428 g/mol. The van der Waals surface area contributed by atoms with Crippen LogP contribution in [0.25, 0.3) is 0 Å². The molecule has 0 saturated heterocycles. The third kappa shape index (κ3) is 6.40. The Morgan fingerprint density at radius 1 is 0.966 bits per heavy atom. The molecular formula is C19H22F2N2O5S. The van der Waals surface area contributed by atoms with Gasteiger partial charge in [0, 0.05) is 24.7 Å². The van der Waals surface area contributed by atoms with Crippen LogP contribution in [-0.2, 0) is 14.8 Å². The second-order valence-corrected chi connectivity index (χ2v) is 7.57. The number of sulfonamides is 1. The number of ether oxygens (including phenoxy) is 2. The van der Waals surface area contributed by atoms with E-state index < -0.39 is 32.5 Å². The third-order valence-corrected chi connectivity index (χ3v) is 5.13. The molecule has 0 unspecified atom stereocenters. The van der Waals surface area contributed by atoms with Gasteiger partial charge in [-0.05, 0) is 44.2 Å². The molecule has 7 nitrogen and oxygen atoms in total. The molecule has 2 aromatic carbocycles. The maximum absolute atomic E-state index is 13.2. The van der Waals surface area contributed by atoms with Crippen LogP contribution in [0.3, 0.4) is 0 Å². The monoisotopic (exact) mass is 428 g/mol. The summed E-state index contributed by atoms with van der Waals surface area (Å²) in [6.45, 7) is 4.32. The molecular weight excluding hydrogens is 406 g/mol. The molecule has 0 atom stereocenters. The molecule has 0 heterocycles. The fourth-order valence-corrected chi connectivity index (χ4v) is 3.42. The van der Waals surface area contributed by atoms with Gasteiger partial charge in [-0.15, -0.1) is 0 Å². The van der Waals surface area contributed by atoms with Crippen LogP contribution < -0.4 is 19.5 Å². The van der Waals surface area contributed by atoms with Crippen LogP contribution in [0.2, 0.25) is 0 Å². The zero-order chi connectivity index (χ0) is 21.4. The maximum atomic E-state index is 13.2. The number of halogens is 2. The molecule has 0 saturated carbocycles. The van der Waals surface area contributed by atoms with Gasteiger partial charge in [0.25, 0.3) is 0 Å². The van der Waals surface area contributed by atoms with Crippen LogP contribution in [0.15, 0.2) is 41.3 Å². The Labute approximate surface area is 168 Å². The van der Waals surface area contributed by atoms with Crippen LogP contribution in [0, 0.1) is 11.6 Å². The van der Waals surface area contributed by atoms with E-state index in [0.717, 1.165) is 12.1 Å². The fraction of sp³-hybridized carbons (Fsp3) is 0.316. The van der Waals surface area contributed by atoms with E-state index in [1.54, 1.807) is 18.2 Å². The summed E-state index contributed by atoms with van der Waals surface area (Å²) in [6, 6.07) is 7.14. The lowest BCUT2D eigenvalue weighted by molar-refractivity contribution is -0.116. The van der Waals surface area contributed by atoms with Crippen molar-refractivity contribution in [3.05, 3.63) is 48.0 Å². The first-order valence-electron chi connectivity index (χ1n) is 8.91. The summed E-state index contributed by atoms with van der Waals surface area (Å²) in [5.41, 5.74) is 0.463. The molecule has 2 rings (SSSR count). The number of rotatable bonds is 10. The van der Waals surface area contributed by atoms with Crippen molar-refractivity contribution in [2.24, 2.45) is 0 Å². The Balaban J connectivity index is 1.94. The lowest BCUT2D eigenvalue weighted by Crippen LogP contribution is -2.28. The summed E-state index contributed by atoms with van der Waals surface area (Å²) >= 11 is 0. The number of benzene rings is 2. The van der Waals surface area contributed by atoms with Gasteiger partial charge in [0.1, 0.15) is 0 Å². The van der Waals surface area contributed by atoms with Gasteiger partial charge in [0.2, 0.25) is 15.9 Å². The number of nitrogens with one attached hydrogen (secondary N) is 2. The van der Waals surface area contributed by atoms with Crippen LogP contribution in [0.1, 0.15) is 20.3 Å². The van der Waals surface area contributed by atoms with E-state index in [0.29, 0.717) is 36.5 Å². The smallest absolute Gasteiger partial charge is 0.240 e. The molecule has 0 aliphatic carbocycles. The van der Waals surface area contributed by atoms with Crippen molar-refractivity contribution in [1.82, 2.24) is 4.72 Å². The molecule has 10 heteroatoms. The highest BCUT2D eigenvalue weighted by Crippen LogP contribution is 2.30. The molecule has 0 aliphatic heterocycles. The summed E-state index contributed by atoms with van der Waals surface area (Å²) in [4.78, 5) is 11.7. The van der Waals surface area contributed by atoms with E-state index in [-0.39, 0.29) is 13.0 Å². The number of carbonyl (C=O) groups excluding carboxylic acids is 1. The van der Waals surface area contributed by atoms with E-state index in [1.807, 2.05) is 13.8 Å². The van der Waals surface area contributed by atoms with Crippen molar-refractivity contribution in [2.45, 2.75) is 25.2 Å². The average Bonchev–Trinajstić information content (AvgIpc) is 2.66. The van der Waals surface area contributed by atoms with Crippen LogP contribution in [0.5, 0.6) is 11.5 Å². The van der Waals surface area contributed by atoms with E-state index in [9.17, 15) is 22.0 Å². The van der Waals surface area contributed by atoms with E-state index in [1.165, 1.54) is 0 Å². The van der Waals surface area contributed by atoms with Gasteiger partial charge in [0.15, 0.2) is 23.1 Å². The van der Waals surface area contributed by atoms with E-state index in [4.69, 9.17) is 9.47 Å². The SMILES string of the molecule is CCOc1ccc(NC(=O)CCNS(=O)(=O)c2ccc(F)c(F)c2)cc1OCC. The summed E-state index contributed by atoms with van der Waals surface area (Å²) < 4.78 is 63.4. The number of carbonyl (C=O) groups is 1. The highest BCUT2D eigenvalue weighted by atomic mass is 32.2. The van der Waals surface area contributed by atoms with Crippen molar-refractivity contribution in [3.8, 4) is 11.5 Å². The molecule has 0 fully saturated rings. The zero-order valence-corrected chi connectivity index (χ0v) is 16.8. The third-order valence-electron chi connectivity index (χ3n) is 3.67. The number of amides is 1. The minimum atomic E-state index is -4.07. The van der Waals surface area contributed by atoms with Crippen LogP contribution in [0.4, 0.5) is 14.5 Å². The minimum Gasteiger partial charge on any atom is -0.490 e. The van der Waals surface area contributed by atoms with Crippen molar-refractivity contribution in [1.29, 1.82) is 0 Å². The quantitative estimate of drug-likeness (QED) is 0.607. The summed E-state index contributed by atoms with van der Waals surface area (Å²) in [7, 11) is -4.07. The van der Waals surface area contributed by atoms with Gasteiger partial charge < -0.3 is 14.8 Å². The molecule has 0 radical (unpaired) electrons. The zero-order valence-electron chi connectivity index (χ0n) is 16.0. The lowest BCUT2D eigenvalue weighted by atomic mass is 10.2. The van der Waals surface area contributed by atoms with Crippen molar-refractivity contribution < 1.29 is 31.5 Å². The van der Waals surface area contributed by atoms with Gasteiger partial charge in [-0.1, -0.05) is 0 Å². The molecule has 2 N–H and O–H groups in total. The molecule has 29 heavy (non-hydrogen) atoms. The second kappa shape index (κ2) is 10.2. The van der Waals surface area contributed by atoms with E-state index >= 15 is 0 Å². The standard InChI is InChI=1S/C19H22F2N2O5S/c1-3-27-17-8-5-13(11-18(17)28-4-2)23-19(24)9-10-22-29(25,26)14-6-7-15(20)16(21)12-14/h5-8,11-12,22H,3-4,9-10H2,1-2H3,(H,23,24). The first-order valence-corrected chi connectivity index (χ1v) is 10.4. The van der Waals surface area contributed by atoms with Crippen LogP contribution in [-0.4, -0.2) is 34.1 Å². The van der Waals surface area contributed by atoms with Gasteiger partial charge in [-0.3, -0.25) is 4.79 Å². The molecule has 0 spiro atoms. The summed E-state index contributed by atoms with van der Waals surface area (Å²) in [5, 5.41) is 2.63. The molecule has 0 aliphatic rings. The summed E-state index contributed by atoms with van der Waals surface area (Å²) in [5.74, 6) is -1.83. The highest BCUT2D eigenvalue weighted by molar-refractivity contribution is 7.89. The first kappa shape index (κ1) is 22.6. The largest absolute Gasteiger partial charge is 0.490 e. The molecule has 1 amide bonds. The molecule has 158 valence electrons. The first-order chi connectivity index (χ1) is 13.8. The van der Waals surface area contributed by atoms with Gasteiger partial charge in [0.05, 0.1) is 18.1 Å². The summed E-state index contributed by atoms with van der Waals surface area (Å²) in [6.07, 6.45) is -0.167. The highest BCUT2D eigenvalue weighted by Gasteiger charge is 2.17. The molecule has 0 bridgehead atoms.